The van der Waals surface area contributed by atoms with Crippen molar-refractivity contribution >= 4 is 39.0 Å². The molecule has 0 aromatic carbocycles. The molecule has 8 heteroatoms. The van der Waals surface area contributed by atoms with E-state index in [1.165, 1.54) is 0 Å². The lowest BCUT2D eigenvalue weighted by atomic mass is 10.1. The van der Waals surface area contributed by atoms with Crippen LogP contribution in [-0.2, 0) is 5.54 Å². The van der Waals surface area contributed by atoms with Gasteiger partial charge in [-0.25, -0.2) is 15.8 Å². The lowest BCUT2D eigenvalue weighted by Gasteiger charge is -2.25. The highest BCUT2D eigenvalue weighted by atomic mass is 79.9. The predicted octanol–water partition coefficient (Wildman–Crippen LogP) is 2.33. The lowest BCUT2D eigenvalue weighted by molar-refractivity contribution is 0.600. The molecule has 0 radical (unpaired) electrons. The fraction of sp³-hybridized carbons (Fsp3) is 0.300. The SMILES string of the molecule is CC(C)(Nc1nc(NN)ncc1Br)c1nccs1. The van der Waals surface area contributed by atoms with E-state index in [1.54, 1.807) is 23.7 Å². The summed E-state index contributed by atoms with van der Waals surface area (Å²) in [6.07, 6.45) is 3.42. The van der Waals surface area contributed by atoms with Crippen molar-refractivity contribution in [3.05, 3.63) is 27.3 Å². The number of nitrogens with one attached hydrogen (secondary N) is 2. The number of halogens is 1. The summed E-state index contributed by atoms with van der Waals surface area (Å²) < 4.78 is 0.770. The lowest BCUT2D eigenvalue weighted by Crippen LogP contribution is -2.28. The van der Waals surface area contributed by atoms with Crippen molar-refractivity contribution in [2.75, 3.05) is 10.7 Å². The molecule has 0 aliphatic carbocycles. The van der Waals surface area contributed by atoms with E-state index < -0.39 is 0 Å². The molecule has 18 heavy (non-hydrogen) atoms. The number of thiazole rings is 1. The van der Waals surface area contributed by atoms with Gasteiger partial charge in [0.25, 0.3) is 0 Å². The number of anilines is 2. The van der Waals surface area contributed by atoms with Gasteiger partial charge in [-0.3, -0.25) is 5.43 Å². The minimum absolute atomic E-state index is 0.323. The van der Waals surface area contributed by atoms with Gasteiger partial charge in [-0.15, -0.1) is 11.3 Å². The van der Waals surface area contributed by atoms with Gasteiger partial charge in [0.1, 0.15) is 10.8 Å². The third kappa shape index (κ3) is 2.77. The third-order valence-corrected chi connectivity index (χ3v) is 3.95. The number of hydrogen-bond acceptors (Lipinski definition) is 7. The van der Waals surface area contributed by atoms with Gasteiger partial charge >= 0.3 is 0 Å². The number of hydrazine groups is 1. The fourth-order valence-corrected chi connectivity index (χ4v) is 2.41. The molecule has 2 rings (SSSR count). The monoisotopic (exact) mass is 328 g/mol. The second-order valence-electron chi connectivity index (χ2n) is 4.12. The number of nitrogen functional groups attached to an aromatic ring is 1. The average Bonchev–Trinajstić information content (AvgIpc) is 2.86. The zero-order valence-electron chi connectivity index (χ0n) is 9.94. The van der Waals surface area contributed by atoms with Crippen molar-refractivity contribution in [1.29, 1.82) is 0 Å². The van der Waals surface area contributed by atoms with Crippen molar-refractivity contribution in [3.8, 4) is 0 Å². The van der Waals surface area contributed by atoms with Crippen LogP contribution in [0.4, 0.5) is 11.8 Å². The number of hydrogen-bond donors (Lipinski definition) is 3. The van der Waals surface area contributed by atoms with Crippen molar-refractivity contribution < 1.29 is 0 Å². The van der Waals surface area contributed by atoms with E-state index >= 15 is 0 Å². The molecule has 0 amide bonds. The highest BCUT2D eigenvalue weighted by Crippen LogP contribution is 2.29. The van der Waals surface area contributed by atoms with E-state index in [0.29, 0.717) is 11.8 Å². The Balaban J connectivity index is 2.28. The van der Waals surface area contributed by atoms with Crippen molar-refractivity contribution in [2.45, 2.75) is 19.4 Å². The van der Waals surface area contributed by atoms with E-state index in [-0.39, 0.29) is 5.54 Å². The molecule has 0 unspecified atom stereocenters. The van der Waals surface area contributed by atoms with Crippen molar-refractivity contribution in [3.63, 3.8) is 0 Å². The van der Waals surface area contributed by atoms with Crippen molar-refractivity contribution in [1.82, 2.24) is 15.0 Å². The van der Waals surface area contributed by atoms with E-state index in [0.717, 1.165) is 9.48 Å². The summed E-state index contributed by atoms with van der Waals surface area (Å²) in [4.78, 5) is 12.6. The van der Waals surface area contributed by atoms with Gasteiger partial charge in [-0.2, -0.15) is 4.98 Å². The summed E-state index contributed by atoms with van der Waals surface area (Å²) in [6.45, 7) is 4.08. The van der Waals surface area contributed by atoms with E-state index in [2.05, 4.69) is 41.6 Å². The molecule has 0 saturated heterocycles. The fourth-order valence-electron chi connectivity index (χ4n) is 1.41. The molecule has 0 fully saturated rings. The van der Waals surface area contributed by atoms with Crippen LogP contribution in [0.5, 0.6) is 0 Å². The largest absolute Gasteiger partial charge is 0.358 e. The van der Waals surface area contributed by atoms with Crippen LogP contribution in [0.1, 0.15) is 18.9 Å². The topological polar surface area (TPSA) is 88.8 Å². The third-order valence-electron chi connectivity index (χ3n) is 2.27. The Morgan fingerprint density at radius 2 is 2.17 bits per heavy atom. The predicted molar refractivity (Wildman–Crippen MR) is 76.3 cm³/mol. The zero-order chi connectivity index (χ0) is 13.2. The zero-order valence-corrected chi connectivity index (χ0v) is 12.3. The molecular weight excluding hydrogens is 316 g/mol. The van der Waals surface area contributed by atoms with Gasteiger partial charge in [0.15, 0.2) is 0 Å². The molecule has 0 bridgehead atoms. The molecule has 0 atom stereocenters. The summed E-state index contributed by atoms with van der Waals surface area (Å²) in [5, 5.41) is 6.24. The minimum Gasteiger partial charge on any atom is -0.358 e. The molecule has 96 valence electrons. The number of rotatable bonds is 4. The van der Waals surface area contributed by atoms with Gasteiger partial charge < -0.3 is 5.32 Å². The maximum Gasteiger partial charge on any atom is 0.239 e. The molecule has 2 aromatic heterocycles. The summed E-state index contributed by atoms with van der Waals surface area (Å²) in [7, 11) is 0. The first-order chi connectivity index (χ1) is 8.53. The first-order valence-corrected chi connectivity index (χ1v) is 6.87. The highest BCUT2D eigenvalue weighted by molar-refractivity contribution is 9.10. The Morgan fingerprint density at radius 1 is 1.39 bits per heavy atom. The smallest absolute Gasteiger partial charge is 0.239 e. The van der Waals surface area contributed by atoms with E-state index in [9.17, 15) is 0 Å². The minimum atomic E-state index is -0.323. The van der Waals surface area contributed by atoms with Gasteiger partial charge in [-0.05, 0) is 29.8 Å². The summed E-state index contributed by atoms with van der Waals surface area (Å²) in [6, 6.07) is 0. The van der Waals surface area contributed by atoms with E-state index in [1.807, 2.05) is 19.2 Å². The standard InChI is InChI=1S/C10H13BrN6S/c1-10(2,8-13-3-4-18-8)16-7-6(11)5-14-9(15-7)17-12/h3-5H,12H2,1-2H3,(H2,14,15,16,17). The number of aromatic nitrogens is 3. The molecule has 0 aliphatic rings. The van der Waals surface area contributed by atoms with Crippen LogP contribution >= 0.6 is 27.3 Å². The van der Waals surface area contributed by atoms with Gasteiger partial charge in [0.2, 0.25) is 5.95 Å². The normalized spacial score (nSPS) is 11.3. The van der Waals surface area contributed by atoms with Gasteiger partial charge in [-0.1, -0.05) is 0 Å². The molecule has 0 spiro atoms. The first kappa shape index (κ1) is 13.2. The Kier molecular flexibility index (Phi) is 3.79. The molecule has 6 nitrogen and oxygen atoms in total. The summed E-state index contributed by atoms with van der Waals surface area (Å²) in [5.41, 5.74) is 2.10. The molecule has 2 aromatic rings. The van der Waals surface area contributed by atoms with Crippen LogP contribution in [0.3, 0.4) is 0 Å². The van der Waals surface area contributed by atoms with Gasteiger partial charge in [0.05, 0.1) is 10.0 Å². The Morgan fingerprint density at radius 3 is 2.78 bits per heavy atom. The van der Waals surface area contributed by atoms with Crippen LogP contribution < -0.4 is 16.6 Å². The quantitative estimate of drug-likeness (QED) is 0.589. The van der Waals surface area contributed by atoms with E-state index in [4.69, 9.17) is 5.84 Å². The average molecular weight is 329 g/mol. The first-order valence-electron chi connectivity index (χ1n) is 5.20. The Bertz CT molecular complexity index is 527. The van der Waals surface area contributed by atoms with Crippen LogP contribution in [0.25, 0.3) is 0 Å². The summed E-state index contributed by atoms with van der Waals surface area (Å²) in [5.74, 6) is 6.32. The van der Waals surface area contributed by atoms with Crippen LogP contribution in [0.2, 0.25) is 0 Å². The Hall–Kier alpha value is -1.25. The molecule has 0 aliphatic heterocycles. The summed E-state index contributed by atoms with van der Waals surface area (Å²) >= 11 is 4.99. The molecule has 4 N–H and O–H groups in total. The highest BCUT2D eigenvalue weighted by Gasteiger charge is 2.24. The second kappa shape index (κ2) is 5.17. The maximum atomic E-state index is 5.30. The Labute approximate surface area is 117 Å². The van der Waals surface area contributed by atoms with Crippen LogP contribution in [0, 0.1) is 0 Å². The number of nitrogens with zero attached hydrogens (tertiary/aromatic N) is 3. The van der Waals surface area contributed by atoms with Crippen LogP contribution in [0.15, 0.2) is 22.2 Å². The van der Waals surface area contributed by atoms with Gasteiger partial charge in [0, 0.05) is 17.8 Å². The maximum absolute atomic E-state index is 5.30. The molecular formula is C10H13BrN6S. The van der Waals surface area contributed by atoms with Crippen LogP contribution in [-0.4, -0.2) is 15.0 Å². The van der Waals surface area contributed by atoms with Crippen molar-refractivity contribution in [2.24, 2.45) is 5.84 Å². The second-order valence-corrected chi connectivity index (χ2v) is 5.87. The number of nitrogens with two attached hydrogens (primary N) is 1. The molecule has 0 saturated carbocycles. The molecule has 2 heterocycles.